The Balaban J connectivity index is 1.59. The van der Waals surface area contributed by atoms with Crippen LogP contribution >= 0.6 is 23.6 Å². The van der Waals surface area contributed by atoms with Crippen LogP contribution in [0.2, 0.25) is 0 Å². The van der Waals surface area contributed by atoms with Crippen LogP contribution in [0.5, 0.6) is 0 Å². The maximum absolute atomic E-state index is 5.51. The fraction of sp³-hybridized carbons (Fsp3) is 0.421. The Morgan fingerprint density at radius 2 is 2.00 bits per heavy atom. The second-order valence-corrected chi connectivity index (χ2v) is 7.95. The minimum atomic E-state index is 0.493. The largest absolute Gasteiger partial charge is 0.356 e. The minimum absolute atomic E-state index is 0.493. The van der Waals surface area contributed by atoms with Crippen molar-refractivity contribution in [3.05, 3.63) is 51.7 Å². The third-order valence-corrected chi connectivity index (χ3v) is 6.09. The van der Waals surface area contributed by atoms with Gasteiger partial charge in [0.05, 0.1) is 24.5 Å². The zero-order valence-corrected chi connectivity index (χ0v) is 16.0. The number of rotatable bonds is 5. The average molecular weight is 361 g/mol. The highest BCUT2D eigenvalue weighted by molar-refractivity contribution is 7.80. The number of anilines is 1. The highest BCUT2D eigenvalue weighted by Crippen LogP contribution is 2.17. The average Bonchev–Trinajstić information content (AvgIpc) is 3.25. The fourth-order valence-electron chi connectivity index (χ4n) is 3.30. The molecule has 1 fully saturated rings. The summed E-state index contributed by atoms with van der Waals surface area (Å²) in [6, 6.07) is 11.2. The molecule has 1 aliphatic heterocycles. The number of hydrogen-bond donors (Lipinski definition) is 3. The second kappa shape index (κ2) is 8.10. The van der Waals surface area contributed by atoms with Gasteiger partial charge in [-0.25, -0.2) is 0 Å². The Kier molecular flexibility index (Phi) is 5.87. The van der Waals surface area contributed by atoms with Gasteiger partial charge in [-0.05, 0) is 60.8 Å². The van der Waals surface area contributed by atoms with Crippen molar-refractivity contribution in [3.8, 4) is 0 Å². The molecule has 1 aromatic heterocycles. The lowest BCUT2D eigenvalue weighted by atomic mass is 10.1. The lowest BCUT2D eigenvalue weighted by molar-refractivity contribution is -0.918. The van der Waals surface area contributed by atoms with Gasteiger partial charge in [-0.15, -0.1) is 11.3 Å². The molecule has 1 aliphatic rings. The topological polar surface area (TPSA) is 28.5 Å². The van der Waals surface area contributed by atoms with Crippen molar-refractivity contribution in [2.24, 2.45) is 0 Å². The van der Waals surface area contributed by atoms with Gasteiger partial charge in [0.2, 0.25) is 0 Å². The summed E-state index contributed by atoms with van der Waals surface area (Å²) in [4.78, 5) is 3.13. The Morgan fingerprint density at radius 1 is 1.21 bits per heavy atom. The van der Waals surface area contributed by atoms with E-state index in [1.165, 1.54) is 41.9 Å². The van der Waals surface area contributed by atoms with E-state index in [2.05, 4.69) is 60.2 Å². The molecule has 1 aromatic carbocycles. The number of nitrogens with one attached hydrogen (secondary N) is 3. The maximum Gasteiger partial charge on any atom is 0.171 e. The zero-order valence-electron chi connectivity index (χ0n) is 14.4. The summed E-state index contributed by atoms with van der Waals surface area (Å²) in [5.74, 6) is 0. The highest BCUT2D eigenvalue weighted by Gasteiger charge is 2.28. The first kappa shape index (κ1) is 17.4. The molecule has 0 unspecified atom stereocenters. The number of likely N-dealkylation sites (tertiary alicyclic amines) is 1. The van der Waals surface area contributed by atoms with Crippen molar-refractivity contribution < 1.29 is 4.90 Å². The van der Waals surface area contributed by atoms with Crippen LogP contribution in [0.3, 0.4) is 0 Å². The van der Waals surface area contributed by atoms with Gasteiger partial charge in [0.25, 0.3) is 0 Å². The predicted molar refractivity (Wildman–Crippen MR) is 107 cm³/mol. The number of thiocarbonyl (C=S) groups is 1. The summed E-state index contributed by atoms with van der Waals surface area (Å²) in [7, 11) is 0. The SMILES string of the molecule is Cc1ccc(NC(=S)NC[C@@H](c2cccs2)[NH+]2CCCC2)cc1C. The van der Waals surface area contributed by atoms with Crippen LogP contribution in [0.4, 0.5) is 5.69 Å². The highest BCUT2D eigenvalue weighted by atomic mass is 32.1. The first-order valence-corrected chi connectivity index (χ1v) is 9.92. The standard InChI is InChI=1S/C19H25N3S2/c1-14-7-8-16(12-15(14)2)21-19(23)20-13-17(18-6-5-11-24-18)22-9-3-4-10-22/h5-8,11-12,17H,3-4,9-10,13H2,1-2H3,(H2,20,21,23)/p+1/t17-/m0/s1. The van der Waals surface area contributed by atoms with Gasteiger partial charge in [-0.1, -0.05) is 12.1 Å². The summed E-state index contributed by atoms with van der Waals surface area (Å²) in [5, 5.41) is 9.63. The molecule has 128 valence electrons. The molecule has 2 aromatic rings. The molecule has 0 aliphatic carbocycles. The molecular formula is C19H26N3S2+. The Hall–Kier alpha value is -1.43. The molecule has 0 bridgehead atoms. The minimum Gasteiger partial charge on any atom is -0.356 e. The molecule has 5 heteroatoms. The summed E-state index contributed by atoms with van der Waals surface area (Å²) in [6.07, 6.45) is 2.67. The smallest absolute Gasteiger partial charge is 0.171 e. The van der Waals surface area contributed by atoms with Crippen LogP contribution in [0, 0.1) is 13.8 Å². The van der Waals surface area contributed by atoms with E-state index in [1.807, 2.05) is 11.3 Å². The summed E-state index contributed by atoms with van der Waals surface area (Å²) in [6.45, 7) is 7.66. The summed E-state index contributed by atoms with van der Waals surface area (Å²) in [5.41, 5.74) is 3.63. The first-order valence-electron chi connectivity index (χ1n) is 8.63. The van der Waals surface area contributed by atoms with Crippen LogP contribution in [-0.2, 0) is 0 Å². The third-order valence-electron chi connectivity index (χ3n) is 4.86. The second-order valence-electron chi connectivity index (χ2n) is 6.57. The van der Waals surface area contributed by atoms with Crippen LogP contribution in [0.25, 0.3) is 0 Å². The van der Waals surface area contributed by atoms with Crippen molar-refractivity contribution in [2.45, 2.75) is 32.7 Å². The molecule has 0 radical (unpaired) electrons. The van der Waals surface area contributed by atoms with E-state index in [0.29, 0.717) is 11.2 Å². The molecule has 1 saturated heterocycles. The molecule has 2 heterocycles. The van der Waals surface area contributed by atoms with Crippen molar-refractivity contribution in [1.29, 1.82) is 0 Å². The van der Waals surface area contributed by atoms with E-state index in [4.69, 9.17) is 12.2 Å². The molecule has 3 N–H and O–H groups in total. The van der Waals surface area contributed by atoms with Gasteiger partial charge in [0.1, 0.15) is 6.04 Å². The van der Waals surface area contributed by atoms with Gasteiger partial charge in [-0.2, -0.15) is 0 Å². The first-order chi connectivity index (χ1) is 11.6. The number of benzene rings is 1. The van der Waals surface area contributed by atoms with Gasteiger partial charge < -0.3 is 15.5 Å². The summed E-state index contributed by atoms with van der Waals surface area (Å²) >= 11 is 7.36. The van der Waals surface area contributed by atoms with Crippen LogP contribution in [0.1, 0.15) is 34.9 Å². The Bertz CT molecular complexity index is 676. The number of quaternary nitrogens is 1. The molecule has 3 rings (SSSR count). The monoisotopic (exact) mass is 360 g/mol. The van der Waals surface area contributed by atoms with Gasteiger partial charge >= 0.3 is 0 Å². The lowest BCUT2D eigenvalue weighted by Gasteiger charge is -2.24. The van der Waals surface area contributed by atoms with E-state index < -0.39 is 0 Å². The van der Waals surface area contributed by atoms with Crippen molar-refractivity contribution in [2.75, 3.05) is 25.0 Å². The number of aryl methyl sites for hydroxylation is 2. The van der Waals surface area contributed by atoms with Gasteiger partial charge in [-0.3, -0.25) is 0 Å². The van der Waals surface area contributed by atoms with Crippen LogP contribution in [-0.4, -0.2) is 24.7 Å². The maximum atomic E-state index is 5.51. The molecule has 1 atom stereocenters. The lowest BCUT2D eigenvalue weighted by Crippen LogP contribution is -3.11. The van der Waals surface area contributed by atoms with Gasteiger partial charge in [0, 0.05) is 18.5 Å². The third kappa shape index (κ3) is 4.35. The van der Waals surface area contributed by atoms with Gasteiger partial charge in [0.15, 0.2) is 5.11 Å². The zero-order chi connectivity index (χ0) is 16.9. The Morgan fingerprint density at radius 3 is 2.67 bits per heavy atom. The number of hydrogen-bond acceptors (Lipinski definition) is 2. The molecule has 24 heavy (non-hydrogen) atoms. The molecule has 3 nitrogen and oxygen atoms in total. The summed E-state index contributed by atoms with van der Waals surface area (Å²) < 4.78 is 0. The van der Waals surface area contributed by atoms with E-state index in [-0.39, 0.29) is 0 Å². The Labute approximate surface area is 154 Å². The van der Waals surface area contributed by atoms with E-state index in [9.17, 15) is 0 Å². The molecule has 0 spiro atoms. The van der Waals surface area contributed by atoms with E-state index in [0.717, 1.165) is 12.2 Å². The van der Waals surface area contributed by atoms with Crippen molar-refractivity contribution >= 4 is 34.4 Å². The van der Waals surface area contributed by atoms with Crippen LogP contribution < -0.4 is 15.5 Å². The van der Waals surface area contributed by atoms with E-state index >= 15 is 0 Å². The normalized spacial score (nSPS) is 16.1. The number of thiophene rings is 1. The van der Waals surface area contributed by atoms with Crippen LogP contribution in [0.15, 0.2) is 35.7 Å². The predicted octanol–water partition coefficient (Wildman–Crippen LogP) is 3.07. The molecular weight excluding hydrogens is 334 g/mol. The van der Waals surface area contributed by atoms with Crippen molar-refractivity contribution in [3.63, 3.8) is 0 Å². The van der Waals surface area contributed by atoms with E-state index in [1.54, 1.807) is 4.90 Å². The fourth-order valence-corrected chi connectivity index (χ4v) is 4.39. The molecule has 0 saturated carbocycles. The molecule has 0 amide bonds. The quantitative estimate of drug-likeness (QED) is 0.716. The van der Waals surface area contributed by atoms with Crippen molar-refractivity contribution in [1.82, 2.24) is 5.32 Å².